The minimum Gasteiger partial charge on any atom is -0.489 e. The zero-order chi connectivity index (χ0) is 19.9. The summed E-state index contributed by atoms with van der Waals surface area (Å²) in [5.74, 6) is -0.450. The first-order chi connectivity index (χ1) is 12.8. The van der Waals surface area contributed by atoms with Gasteiger partial charge in [-0.05, 0) is 24.3 Å². The van der Waals surface area contributed by atoms with Crippen LogP contribution in [0.4, 0.5) is 13.2 Å². The van der Waals surface area contributed by atoms with Gasteiger partial charge in [-0.25, -0.2) is 0 Å². The van der Waals surface area contributed by atoms with Crippen LogP contribution in [0.15, 0.2) is 61.2 Å². The molecule has 0 atom stereocenters. The molecule has 2 aromatic rings. The first-order valence-corrected chi connectivity index (χ1v) is 8.02. The molecule has 7 heteroatoms. The third kappa shape index (κ3) is 5.89. The number of alkyl halides is 3. The van der Waals surface area contributed by atoms with Crippen LogP contribution in [0.1, 0.15) is 21.5 Å². The lowest BCUT2D eigenvalue weighted by molar-refractivity contribution is -0.139. The van der Waals surface area contributed by atoms with Gasteiger partial charge in [-0.15, -0.1) is 6.58 Å². The number of carbonyl (C=O) groups is 1. The summed E-state index contributed by atoms with van der Waals surface area (Å²) >= 11 is 0. The van der Waals surface area contributed by atoms with Crippen molar-refractivity contribution in [1.29, 1.82) is 5.26 Å². The van der Waals surface area contributed by atoms with Crippen LogP contribution in [0.2, 0.25) is 0 Å². The van der Waals surface area contributed by atoms with E-state index < -0.39 is 18.6 Å². The summed E-state index contributed by atoms with van der Waals surface area (Å²) in [6.45, 7) is 1.90. The second kappa shape index (κ2) is 8.90. The number of ether oxygens (including phenoxy) is 1. The molecule has 0 unspecified atom stereocenters. The van der Waals surface area contributed by atoms with Crippen LogP contribution in [-0.4, -0.2) is 30.1 Å². The molecule has 1 amide bonds. The maximum atomic E-state index is 12.7. The number of rotatable bonds is 7. The lowest BCUT2D eigenvalue weighted by Gasteiger charge is -2.22. The minimum absolute atomic E-state index is 0.0761. The van der Waals surface area contributed by atoms with Gasteiger partial charge in [-0.1, -0.05) is 30.3 Å². The summed E-state index contributed by atoms with van der Waals surface area (Å²) in [6, 6.07) is 14.9. The molecule has 0 radical (unpaired) electrons. The highest BCUT2D eigenvalue weighted by atomic mass is 19.4. The Bertz CT molecular complexity index is 857. The quantitative estimate of drug-likeness (QED) is 0.678. The Morgan fingerprint density at radius 3 is 2.63 bits per heavy atom. The van der Waals surface area contributed by atoms with Crippen molar-refractivity contribution in [3.8, 4) is 11.8 Å². The molecule has 140 valence electrons. The normalized spacial score (nSPS) is 10.7. The van der Waals surface area contributed by atoms with E-state index in [1.54, 1.807) is 30.3 Å². The van der Waals surface area contributed by atoms with Gasteiger partial charge in [-0.3, -0.25) is 4.79 Å². The Labute approximate surface area is 155 Å². The first kappa shape index (κ1) is 20.0. The summed E-state index contributed by atoms with van der Waals surface area (Å²) in [4.78, 5) is 13.1. The second-order valence-electron chi connectivity index (χ2n) is 5.67. The second-order valence-corrected chi connectivity index (χ2v) is 5.67. The van der Waals surface area contributed by atoms with E-state index in [0.29, 0.717) is 21.8 Å². The van der Waals surface area contributed by atoms with E-state index in [4.69, 9.17) is 10.00 Å². The Hall–Kier alpha value is -3.27. The van der Waals surface area contributed by atoms with E-state index >= 15 is 0 Å². The van der Waals surface area contributed by atoms with E-state index in [2.05, 4.69) is 12.6 Å². The monoisotopic (exact) mass is 374 g/mol. The molecule has 0 bridgehead atoms. The predicted octanol–water partition coefficient (Wildman–Crippen LogP) is 4.33. The van der Waals surface area contributed by atoms with Gasteiger partial charge in [0.25, 0.3) is 5.91 Å². The van der Waals surface area contributed by atoms with E-state index in [0.717, 1.165) is 0 Å². The largest absolute Gasteiger partial charge is 0.489 e. The van der Waals surface area contributed by atoms with Gasteiger partial charge < -0.3 is 9.64 Å². The Morgan fingerprint density at radius 2 is 1.96 bits per heavy atom. The molecule has 0 saturated heterocycles. The van der Waals surface area contributed by atoms with Crippen LogP contribution in [0.3, 0.4) is 0 Å². The molecular formula is C20H17F3N2O2. The topological polar surface area (TPSA) is 53.3 Å². The third-order valence-electron chi connectivity index (χ3n) is 3.62. The molecule has 0 saturated carbocycles. The lowest BCUT2D eigenvalue weighted by Crippen LogP contribution is -2.39. The summed E-state index contributed by atoms with van der Waals surface area (Å²) in [7, 11) is 0. The van der Waals surface area contributed by atoms with Gasteiger partial charge in [0.15, 0.2) is 0 Å². The van der Waals surface area contributed by atoms with Crippen LogP contribution < -0.4 is 4.74 Å². The molecule has 0 spiro atoms. The average molecular weight is 374 g/mol. The number of benzene rings is 2. The smallest absolute Gasteiger partial charge is 0.406 e. The van der Waals surface area contributed by atoms with Crippen molar-refractivity contribution < 1.29 is 22.7 Å². The highest BCUT2D eigenvalue weighted by molar-refractivity contribution is 5.94. The number of nitrogens with zero attached hydrogens (tertiary/aromatic N) is 2. The van der Waals surface area contributed by atoms with Crippen molar-refractivity contribution in [2.24, 2.45) is 0 Å². The number of hydrogen-bond donors (Lipinski definition) is 0. The van der Waals surface area contributed by atoms with Crippen molar-refractivity contribution in [3.63, 3.8) is 0 Å². The Balaban J connectivity index is 2.14. The zero-order valence-electron chi connectivity index (χ0n) is 14.4. The van der Waals surface area contributed by atoms with Crippen molar-refractivity contribution in [1.82, 2.24) is 4.90 Å². The van der Waals surface area contributed by atoms with Crippen LogP contribution in [0.5, 0.6) is 5.75 Å². The number of hydrogen-bond acceptors (Lipinski definition) is 3. The molecular weight excluding hydrogens is 357 g/mol. The van der Waals surface area contributed by atoms with Crippen molar-refractivity contribution in [3.05, 3.63) is 77.9 Å². The molecule has 2 aromatic carbocycles. The average Bonchev–Trinajstić information content (AvgIpc) is 2.65. The molecule has 0 aliphatic heterocycles. The zero-order valence-corrected chi connectivity index (χ0v) is 14.4. The van der Waals surface area contributed by atoms with Crippen LogP contribution >= 0.6 is 0 Å². The minimum atomic E-state index is -4.51. The lowest BCUT2D eigenvalue weighted by atomic mass is 10.1. The van der Waals surface area contributed by atoms with Gasteiger partial charge in [0.05, 0.1) is 11.6 Å². The molecule has 0 fully saturated rings. The highest BCUT2D eigenvalue weighted by Crippen LogP contribution is 2.21. The van der Waals surface area contributed by atoms with Gasteiger partial charge in [0.2, 0.25) is 0 Å². The molecule has 4 nitrogen and oxygen atoms in total. The fourth-order valence-electron chi connectivity index (χ4n) is 2.41. The van der Waals surface area contributed by atoms with E-state index in [-0.39, 0.29) is 18.7 Å². The summed E-state index contributed by atoms with van der Waals surface area (Å²) in [5.41, 5.74) is 1.21. The van der Waals surface area contributed by atoms with Gasteiger partial charge >= 0.3 is 6.18 Å². The van der Waals surface area contributed by atoms with Gasteiger partial charge in [0, 0.05) is 17.7 Å². The molecule has 0 aliphatic rings. The van der Waals surface area contributed by atoms with E-state index in [1.807, 2.05) is 0 Å². The Kier molecular flexibility index (Phi) is 6.61. The van der Waals surface area contributed by atoms with Crippen LogP contribution in [0, 0.1) is 11.3 Å². The Morgan fingerprint density at radius 1 is 1.22 bits per heavy atom. The third-order valence-corrected chi connectivity index (χ3v) is 3.62. The molecule has 0 aliphatic carbocycles. The van der Waals surface area contributed by atoms with Gasteiger partial charge in [-0.2, -0.15) is 18.4 Å². The summed E-state index contributed by atoms with van der Waals surface area (Å²) in [5, 5.41) is 9.08. The van der Waals surface area contributed by atoms with Crippen molar-refractivity contribution in [2.75, 3.05) is 13.1 Å². The maximum Gasteiger partial charge on any atom is 0.406 e. The van der Waals surface area contributed by atoms with Crippen molar-refractivity contribution >= 4 is 5.91 Å². The van der Waals surface area contributed by atoms with Crippen LogP contribution in [0.25, 0.3) is 0 Å². The predicted molar refractivity (Wildman–Crippen MR) is 94.1 cm³/mol. The number of amides is 1. The standard InChI is InChI=1S/C20H17F3N2O2/c1-2-10-25(14-20(21,22)23)19(26)15-8-5-9-18(11-15)27-13-17-7-4-3-6-16(17)12-24/h2-9,11H,1,10,13-14H2. The number of carbonyl (C=O) groups excluding carboxylic acids is 1. The van der Waals surface area contributed by atoms with Crippen molar-refractivity contribution in [2.45, 2.75) is 12.8 Å². The van der Waals surface area contributed by atoms with E-state index in [1.165, 1.54) is 24.3 Å². The fourth-order valence-corrected chi connectivity index (χ4v) is 2.41. The molecule has 27 heavy (non-hydrogen) atoms. The summed E-state index contributed by atoms with van der Waals surface area (Å²) < 4.78 is 43.7. The molecule has 0 aromatic heterocycles. The summed E-state index contributed by atoms with van der Waals surface area (Å²) in [6.07, 6.45) is -3.27. The molecule has 0 heterocycles. The van der Waals surface area contributed by atoms with E-state index in [9.17, 15) is 18.0 Å². The highest BCUT2D eigenvalue weighted by Gasteiger charge is 2.32. The SMILES string of the molecule is C=CCN(CC(F)(F)F)C(=O)c1cccc(OCc2ccccc2C#N)c1. The van der Waals surface area contributed by atoms with Crippen LogP contribution in [-0.2, 0) is 6.61 Å². The molecule has 0 N–H and O–H groups in total. The maximum absolute atomic E-state index is 12.7. The number of nitriles is 1. The first-order valence-electron chi connectivity index (χ1n) is 8.02. The van der Waals surface area contributed by atoms with Gasteiger partial charge in [0.1, 0.15) is 18.9 Å². The molecule has 2 rings (SSSR count). The number of halogens is 3. The fraction of sp³-hybridized carbons (Fsp3) is 0.200.